The summed E-state index contributed by atoms with van der Waals surface area (Å²) in [4.78, 5) is 14.4. The fraction of sp³-hybridized carbons (Fsp3) is 0.929. The lowest BCUT2D eigenvalue weighted by molar-refractivity contribution is -0.135. The van der Waals surface area contributed by atoms with Gasteiger partial charge in [-0.25, -0.2) is 0 Å². The highest BCUT2D eigenvalue weighted by molar-refractivity contribution is 5.82. The highest BCUT2D eigenvalue weighted by atomic mass is 16.5. The van der Waals surface area contributed by atoms with Crippen molar-refractivity contribution in [1.29, 1.82) is 0 Å². The van der Waals surface area contributed by atoms with E-state index in [4.69, 9.17) is 10.5 Å². The molecule has 104 valence electrons. The van der Waals surface area contributed by atoms with Crippen molar-refractivity contribution in [2.75, 3.05) is 20.3 Å². The van der Waals surface area contributed by atoms with Crippen molar-refractivity contribution in [2.45, 2.75) is 57.0 Å². The average molecular weight is 254 g/mol. The van der Waals surface area contributed by atoms with Gasteiger partial charge in [0, 0.05) is 19.7 Å². The monoisotopic (exact) mass is 254 g/mol. The molecule has 1 heterocycles. The molecular weight excluding hydrogens is 228 g/mol. The van der Waals surface area contributed by atoms with Crippen molar-refractivity contribution >= 4 is 5.91 Å². The van der Waals surface area contributed by atoms with Crippen LogP contribution in [0.4, 0.5) is 0 Å². The molecule has 1 saturated carbocycles. The minimum absolute atomic E-state index is 0.0879. The minimum Gasteiger partial charge on any atom is -0.383 e. The van der Waals surface area contributed by atoms with Gasteiger partial charge in [0.1, 0.15) is 6.04 Å². The van der Waals surface area contributed by atoms with Gasteiger partial charge in [0.25, 0.3) is 0 Å². The molecule has 2 N–H and O–H groups in total. The molecule has 0 bridgehead atoms. The number of likely N-dealkylation sites (tertiary alicyclic amines) is 1. The first-order valence-electron chi connectivity index (χ1n) is 7.29. The van der Waals surface area contributed by atoms with E-state index in [2.05, 4.69) is 0 Å². The van der Waals surface area contributed by atoms with Crippen LogP contribution in [0.5, 0.6) is 0 Å². The quantitative estimate of drug-likeness (QED) is 0.828. The third-order valence-corrected chi connectivity index (χ3v) is 4.44. The van der Waals surface area contributed by atoms with Gasteiger partial charge in [-0.3, -0.25) is 4.79 Å². The van der Waals surface area contributed by atoms with Crippen LogP contribution in [0.15, 0.2) is 0 Å². The number of hydrogen-bond acceptors (Lipinski definition) is 3. The molecule has 18 heavy (non-hydrogen) atoms. The number of carbonyl (C=O) groups excluding carboxylic acids is 1. The fourth-order valence-corrected chi connectivity index (χ4v) is 3.54. The van der Waals surface area contributed by atoms with E-state index in [1.54, 1.807) is 7.11 Å². The fourth-order valence-electron chi connectivity index (χ4n) is 3.54. The summed E-state index contributed by atoms with van der Waals surface area (Å²) in [5, 5.41) is 0. The number of ether oxygens (including phenoxy) is 1. The number of nitrogens with zero attached hydrogens (tertiary/aromatic N) is 1. The van der Waals surface area contributed by atoms with E-state index in [0.29, 0.717) is 18.6 Å². The van der Waals surface area contributed by atoms with Crippen molar-refractivity contribution in [3.63, 3.8) is 0 Å². The molecule has 4 heteroatoms. The second-order valence-corrected chi connectivity index (χ2v) is 5.70. The van der Waals surface area contributed by atoms with Crippen molar-refractivity contribution in [3.8, 4) is 0 Å². The van der Waals surface area contributed by atoms with E-state index in [-0.39, 0.29) is 5.91 Å². The summed E-state index contributed by atoms with van der Waals surface area (Å²) in [5.74, 6) is 0.796. The molecule has 2 fully saturated rings. The first-order valence-corrected chi connectivity index (χ1v) is 7.29. The Hall–Kier alpha value is -0.610. The van der Waals surface area contributed by atoms with Gasteiger partial charge in [-0.15, -0.1) is 0 Å². The van der Waals surface area contributed by atoms with E-state index < -0.39 is 6.04 Å². The number of rotatable bonds is 4. The van der Waals surface area contributed by atoms with Crippen LogP contribution in [0.25, 0.3) is 0 Å². The molecule has 0 aromatic carbocycles. The molecular formula is C14H26N2O2. The normalized spacial score (nSPS) is 27.4. The lowest BCUT2D eigenvalue weighted by Gasteiger charge is -2.35. The Kier molecular flexibility index (Phi) is 5.01. The lowest BCUT2D eigenvalue weighted by Crippen LogP contribution is -2.50. The summed E-state index contributed by atoms with van der Waals surface area (Å²) in [6, 6.07) is -0.0418. The van der Waals surface area contributed by atoms with Gasteiger partial charge in [0.15, 0.2) is 0 Å². The SMILES string of the molecule is COCC(N)C(=O)N1CCCC1C1CCCCC1. The molecule has 2 aliphatic rings. The average Bonchev–Trinajstić information content (AvgIpc) is 2.88. The lowest BCUT2D eigenvalue weighted by atomic mass is 9.83. The molecule has 4 nitrogen and oxygen atoms in total. The van der Waals surface area contributed by atoms with Crippen LogP contribution in [0.1, 0.15) is 44.9 Å². The Bertz CT molecular complexity index is 277. The molecule has 1 aliphatic heterocycles. The molecule has 1 aliphatic carbocycles. The topological polar surface area (TPSA) is 55.6 Å². The molecule has 1 saturated heterocycles. The molecule has 2 unspecified atom stereocenters. The van der Waals surface area contributed by atoms with E-state index in [9.17, 15) is 4.79 Å². The zero-order valence-electron chi connectivity index (χ0n) is 11.4. The van der Waals surface area contributed by atoms with Gasteiger partial charge in [-0.2, -0.15) is 0 Å². The Morgan fingerprint density at radius 3 is 2.67 bits per heavy atom. The largest absolute Gasteiger partial charge is 0.383 e. The minimum atomic E-state index is -0.487. The maximum atomic E-state index is 12.3. The number of methoxy groups -OCH3 is 1. The molecule has 0 spiro atoms. The summed E-state index contributed by atoms with van der Waals surface area (Å²) in [5.41, 5.74) is 5.88. The summed E-state index contributed by atoms with van der Waals surface area (Å²) in [6.45, 7) is 1.21. The van der Waals surface area contributed by atoms with Crippen LogP contribution < -0.4 is 5.73 Å². The van der Waals surface area contributed by atoms with Crippen LogP contribution in [0.2, 0.25) is 0 Å². The van der Waals surface area contributed by atoms with Gasteiger partial charge < -0.3 is 15.4 Å². The Morgan fingerprint density at radius 2 is 2.00 bits per heavy atom. The molecule has 2 rings (SSSR count). The van der Waals surface area contributed by atoms with E-state index in [1.165, 1.54) is 32.1 Å². The maximum absolute atomic E-state index is 12.3. The van der Waals surface area contributed by atoms with E-state index in [0.717, 1.165) is 19.4 Å². The smallest absolute Gasteiger partial charge is 0.242 e. The number of hydrogen-bond donors (Lipinski definition) is 1. The van der Waals surface area contributed by atoms with Gasteiger partial charge >= 0.3 is 0 Å². The van der Waals surface area contributed by atoms with Gasteiger partial charge in [0.2, 0.25) is 5.91 Å². The van der Waals surface area contributed by atoms with Gasteiger partial charge in [-0.05, 0) is 31.6 Å². The Balaban J connectivity index is 1.95. The van der Waals surface area contributed by atoms with Crippen molar-refractivity contribution in [2.24, 2.45) is 11.7 Å². The third-order valence-electron chi connectivity index (χ3n) is 4.44. The van der Waals surface area contributed by atoms with Crippen molar-refractivity contribution < 1.29 is 9.53 Å². The second-order valence-electron chi connectivity index (χ2n) is 5.70. The van der Waals surface area contributed by atoms with Crippen LogP contribution >= 0.6 is 0 Å². The Morgan fingerprint density at radius 1 is 1.28 bits per heavy atom. The van der Waals surface area contributed by atoms with Crippen molar-refractivity contribution in [1.82, 2.24) is 4.90 Å². The summed E-state index contributed by atoms with van der Waals surface area (Å²) in [6.07, 6.45) is 8.88. The number of nitrogens with two attached hydrogens (primary N) is 1. The van der Waals surface area contributed by atoms with Crippen LogP contribution in [0, 0.1) is 5.92 Å². The van der Waals surface area contributed by atoms with E-state index >= 15 is 0 Å². The second kappa shape index (κ2) is 6.53. The van der Waals surface area contributed by atoms with Gasteiger partial charge in [0.05, 0.1) is 6.61 Å². The first-order chi connectivity index (χ1) is 8.74. The number of amides is 1. The standard InChI is InChI=1S/C14H26N2O2/c1-18-10-12(15)14(17)16-9-5-8-13(16)11-6-3-2-4-7-11/h11-13H,2-10,15H2,1H3. The predicted molar refractivity (Wildman–Crippen MR) is 71.2 cm³/mol. The van der Waals surface area contributed by atoms with Gasteiger partial charge in [-0.1, -0.05) is 19.3 Å². The first kappa shape index (κ1) is 13.8. The van der Waals surface area contributed by atoms with Crippen molar-refractivity contribution in [3.05, 3.63) is 0 Å². The zero-order valence-corrected chi connectivity index (χ0v) is 11.4. The number of carbonyl (C=O) groups is 1. The molecule has 1 amide bonds. The molecule has 2 atom stereocenters. The highest BCUT2D eigenvalue weighted by Crippen LogP contribution is 2.34. The Labute approximate surface area is 110 Å². The molecule has 0 aromatic heterocycles. The maximum Gasteiger partial charge on any atom is 0.242 e. The summed E-state index contributed by atoms with van der Waals surface area (Å²) in [7, 11) is 1.59. The predicted octanol–water partition coefficient (Wildman–Crippen LogP) is 1.53. The van der Waals surface area contributed by atoms with Crippen LogP contribution in [0.3, 0.4) is 0 Å². The summed E-state index contributed by atoms with van der Waals surface area (Å²) >= 11 is 0. The van der Waals surface area contributed by atoms with Crippen LogP contribution in [-0.2, 0) is 9.53 Å². The van der Waals surface area contributed by atoms with E-state index in [1.807, 2.05) is 4.90 Å². The van der Waals surface area contributed by atoms with Crippen LogP contribution in [-0.4, -0.2) is 43.2 Å². The molecule has 0 radical (unpaired) electrons. The molecule has 0 aromatic rings. The highest BCUT2D eigenvalue weighted by Gasteiger charge is 2.36. The summed E-state index contributed by atoms with van der Waals surface area (Å²) < 4.78 is 4.99. The zero-order chi connectivity index (χ0) is 13.0. The third kappa shape index (κ3) is 3.04.